The zero-order valence-electron chi connectivity index (χ0n) is 6.26. The topological polar surface area (TPSA) is 20.3 Å². The molecule has 3 heteroatoms. The molecule has 0 aromatic rings. The molecule has 56 valence electrons. The number of rotatable bonds is 5. The number of hydrogen-bond acceptors (Lipinski definition) is 2. The minimum absolute atomic E-state index is 0. The van der Waals surface area contributed by atoms with Gasteiger partial charge in [0.05, 0.1) is 0 Å². The Morgan fingerprint density at radius 1 is 1.30 bits per heavy atom. The molecule has 0 spiro atoms. The van der Waals surface area contributed by atoms with E-state index in [-0.39, 0.29) is 51.4 Å². The minimum atomic E-state index is 0. The Balaban J connectivity index is 0. The van der Waals surface area contributed by atoms with E-state index in [0.29, 0.717) is 6.42 Å². The average Bonchev–Trinajstić information content (AvgIpc) is 1.91. The molecule has 0 N–H and O–H groups in total. The third kappa shape index (κ3) is 7.37. The van der Waals surface area contributed by atoms with Crippen LogP contribution >= 0.6 is 0 Å². The van der Waals surface area contributed by atoms with E-state index in [0.717, 1.165) is 25.9 Å². The van der Waals surface area contributed by atoms with Crippen LogP contribution in [-0.2, 0) is 4.79 Å². The van der Waals surface area contributed by atoms with Gasteiger partial charge in [-0.1, -0.05) is 13.8 Å². The Hall–Kier alpha value is 1.27. The van der Waals surface area contributed by atoms with Crippen molar-refractivity contribution in [2.45, 2.75) is 20.3 Å². The van der Waals surface area contributed by atoms with Gasteiger partial charge in [0.15, 0.2) is 0 Å². The van der Waals surface area contributed by atoms with Crippen molar-refractivity contribution < 1.29 is 4.79 Å². The zero-order valence-corrected chi connectivity index (χ0v) is 6.26. The van der Waals surface area contributed by atoms with E-state index < -0.39 is 0 Å². The van der Waals surface area contributed by atoms with Gasteiger partial charge in [-0.2, -0.15) is 0 Å². The summed E-state index contributed by atoms with van der Waals surface area (Å²) in [5.74, 6) is 0. The third-order valence-corrected chi connectivity index (χ3v) is 1.46. The second-order valence-corrected chi connectivity index (χ2v) is 1.98. The Kier molecular flexibility index (Phi) is 14.2. The van der Waals surface area contributed by atoms with Crippen LogP contribution in [0, 0.1) is 0 Å². The molecule has 0 bridgehead atoms. The summed E-state index contributed by atoms with van der Waals surface area (Å²) in [6.45, 7) is 7.22. The predicted octanol–water partition coefficient (Wildman–Crippen LogP) is 0.269. The van der Waals surface area contributed by atoms with Gasteiger partial charge in [0.2, 0.25) is 0 Å². The van der Waals surface area contributed by atoms with Crippen LogP contribution in [0.3, 0.4) is 0 Å². The van der Waals surface area contributed by atoms with Gasteiger partial charge >= 0.3 is 51.4 Å². The molecule has 0 saturated heterocycles. The number of nitrogens with zero attached hydrogens (tertiary/aromatic N) is 1. The Morgan fingerprint density at radius 3 is 2.10 bits per heavy atom. The molecular formula is C7H16KNO. The molecule has 0 rings (SSSR count). The van der Waals surface area contributed by atoms with Crippen molar-refractivity contribution in [1.82, 2.24) is 4.90 Å². The zero-order chi connectivity index (χ0) is 7.11. The maximum atomic E-state index is 9.91. The molecule has 0 fully saturated rings. The summed E-state index contributed by atoms with van der Waals surface area (Å²) >= 11 is 0. The first-order chi connectivity index (χ1) is 4.35. The first kappa shape index (κ1) is 13.8. The molecule has 0 aliphatic carbocycles. The van der Waals surface area contributed by atoms with Gasteiger partial charge in [-0.25, -0.2) is 0 Å². The normalized spacial score (nSPS) is 9.10. The summed E-state index contributed by atoms with van der Waals surface area (Å²) in [6.07, 6.45) is 1.64. The third-order valence-electron chi connectivity index (χ3n) is 1.46. The number of hydrogen-bond donors (Lipinski definition) is 0. The van der Waals surface area contributed by atoms with Crippen molar-refractivity contribution in [2.75, 3.05) is 19.6 Å². The van der Waals surface area contributed by atoms with Crippen LogP contribution < -0.4 is 0 Å². The molecule has 10 heavy (non-hydrogen) atoms. The van der Waals surface area contributed by atoms with Crippen LogP contribution in [0.2, 0.25) is 0 Å². The quantitative estimate of drug-likeness (QED) is 0.435. The Bertz CT molecular complexity index is 74.0. The molecule has 0 aliphatic heterocycles. The Labute approximate surface area is 106 Å². The fourth-order valence-electron chi connectivity index (χ4n) is 0.775. The molecule has 0 aliphatic rings. The van der Waals surface area contributed by atoms with Gasteiger partial charge < -0.3 is 9.69 Å². The van der Waals surface area contributed by atoms with Crippen LogP contribution in [0.25, 0.3) is 0 Å². The second-order valence-electron chi connectivity index (χ2n) is 1.98. The molecule has 0 atom stereocenters. The summed E-state index contributed by atoms with van der Waals surface area (Å²) < 4.78 is 0. The van der Waals surface area contributed by atoms with Crippen LogP contribution in [0.1, 0.15) is 20.3 Å². The van der Waals surface area contributed by atoms with Crippen LogP contribution in [0.15, 0.2) is 0 Å². The van der Waals surface area contributed by atoms with Gasteiger partial charge in [0, 0.05) is 13.0 Å². The van der Waals surface area contributed by atoms with Gasteiger partial charge in [-0.15, -0.1) is 0 Å². The number of aldehydes is 1. The van der Waals surface area contributed by atoms with Crippen molar-refractivity contribution in [3.05, 3.63) is 0 Å². The summed E-state index contributed by atoms with van der Waals surface area (Å²) in [5.41, 5.74) is 0. The van der Waals surface area contributed by atoms with E-state index >= 15 is 0 Å². The second kappa shape index (κ2) is 10.3. The SMILES string of the molecule is CCN(CC)CCC=O.[KH]. The first-order valence-corrected chi connectivity index (χ1v) is 3.51. The van der Waals surface area contributed by atoms with Gasteiger partial charge in [0.1, 0.15) is 6.29 Å². The molecule has 0 saturated carbocycles. The van der Waals surface area contributed by atoms with Crippen molar-refractivity contribution in [1.29, 1.82) is 0 Å². The molecule has 0 unspecified atom stereocenters. The summed E-state index contributed by atoms with van der Waals surface area (Å²) in [6, 6.07) is 0. The molecule has 0 aromatic carbocycles. The molecule has 0 amide bonds. The van der Waals surface area contributed by atoms with E-state index in [1.54, 1.807) is 0 Å². The van der Waals surface area contributed by atoms with Crippen LogP contribution in [-0.4, -0.2) is 82.2 Å². The van der Waals surface area contributed by atoms with Crippen LogP contribution in [0.5, 0.6) is 0 Å². The van der Waals surface area contributed by atoms with Crippen molar-refractivity contribution in [3.63, 3.8) is 0 Å². The van der Waals surface area contributed by atoms with E-state index in [1.165, 1.54) is 0 Å². The van der Waals surface area contributed by atoms with Gasteiger partial charge in [-0.3, -0.25) is 0 Å². The molecule has 0 heterocycles. The molecule has 2 nitrogen and oxygen atoms in total. The monoisotopic (exact) mass is 169 g/mol. The van der Waals surface area contributed by atoms with E-state index in [4.69, 9.17) is 0 Å². The summed E-state index contributed by atoms with van der Waals surface area (Å²) in [5, 5.41) is 0. The number of carbonyl (C=O) groups excluding carboxylic acids is 1. The fraction of sp³-hybridized carbons (Fsp3) is 0.857. The fourth-order valence-corrected chi connectivity index (χ4v) is 0.775. The average molecular weight is 169 g/mol. The molecule has 0 aromatic heterocycles. The van der Waals surface area contributed by atoms with Crippen molar-refractivity contribution in [2.24, 2.45) is 0 Å². The van der Waals surface area contributed by atoms with Crippen molar-refractivity contribution >= 4 is 57.7 Å². The summed E-state index contributed by atoms with van der Waals surface area (Å²) in [7, 11) is 0. The molecule has 0 radical (unpaired) electrons. The van der Waals surface area contributed by atoms with E-state index in [1.807, 2.05) is 0 Å². The predicted molar refractivity (Wildman–Crippen MR) is 45.6 cm³/mol. The molecular weight excluding hydrogens is 153 g/mol. The standard InChI is InChI=1S/C7H15NO.K.H/c1-3-8(4-2)6-5-7-9;;/h7H,3-6H2,1-2H3;;. The maximum absolute atomic E-state index is 9.91. The first-order valence-electron chi connectivity index (χ1n) is 3.51. The van der Waals surface area contributed by atoms with E-state index in [2.05, 4.69) is 18.7 Å². The van der Waals surface area contributed by atoms with Gasteiger partial charge in [-0.05, 0) is 13.1 Å². The Morgan fingerprint density at radius 2 is 1.80 bits per heavy atom. The number of carbonyl (C=O) groups is 1. The van der Waals surface area contributed by atoms with E-state index in [9.17, 15) is 4.79 Å². The van der Waals surface area contributed by atoms with Gasteiger partial charge in [0.25, 0.3) is 0 Å². The summed E-state index contributed by atoms with van der Waals surface area (Å²) in [4.78, 5) is 12.1. The van der Waals surface area contributed by atoms with Crippen LogP contribution in [0.4, 0.5) is 0 Å². The van der Waals surface area contributed by atoms with Crippen molar-refractivity contribution in [3.8, 4) is 0 Å².